The molecule has 1 aromatic carbocycles. The number of aryl methyl sites for hydroxylation is 1. The average molecular weight is 287 g/mol. The van der Waals surface area contributed by atoms with Crippen LogP contribution < -0.4 is 0 Å². The van der Waals surface area contributed by atoms with Gasteiger partial charge in [-0.2, -0.15) is 11.8 Å². The third-order valence-corrected chi connectivity index (χ3v) is 3.73. The van der Waals surface area contributed by atoms with Gasteiger partial charge in [0.2, 0.25) is 0 Å². The zero-order valence-corrected chi connectivity index (χ0v) is 12.1. The van der Waals surface area contributed by atoms with Crippen molar-refractivity contribution in [3.63, 3.8) is 0 Å². The first-order valence-electron chi connectivity index (χ1n) is 5.92. The topological polar surface area (TPSA) is 17.8 Å². The van der Waals surface area contributed by atoms with Crippen molar-refractivity contribution in [1.82, 2.24) is 9.55 Å². The van der Waals surface area contributed by atoms with Gasteiger partial charge in [0.15, 0.2) is 0 Å². The number of para-hydroxylation sites is 1. The maximum Gasteiger partial charge on any atom is 0.149 e. The van der Waals surface area contributed by atoms with Crippen molar-refractivity contribution in [2.75, 3.05) is 12.0 Å². The molecule has 0 aliphatic heterocycles. The highest BCUT2D eigenvalue weighted by Crippen LogP contribution is 2.26. The predicted octanol–water partition coefficient (Wildman–Crippen LogP) is 4.23. The summed E-state index contributed by atoms with van der Waals surface area (Å²) in [7, 11) is 0. The van der Waals surface area contributed by atoms with Crippen molar-refractivity contribution in [3.8, 4) is 0 Å². The molecule has 2 nitrogen and oxygen atoms in total. The summed E-state index contributed by atoms with van der Waals surface area (Å²) in [5.41, 5.74) is 1.25. The number of hydrogen-bond donors (Lipinski definition) is 0. The lowest BCUT2D eigenvalue weighted by molar-refractivity contribution is 0.608. The van der Waals surface area contributed by atoms with Crippen LogP contribution in [-0.4, -0.2) is 21.6 Å². The summed E-state index contributed by atoms with van der Waals surface area (Å²) >= 11 is 7.92. The van der Waals surface area contributed by atoms with E-state index in [4.69, 9.17) is 11.6 Å². The van der Waals surface area contributed by atoms with E-state index < -0.39 is 0 Å². The number of fused-ring (bicyclic) bond motifs is 1. The molecule has 1 heterocycles. The van der Waals surface area contributed by atoms with Crippen LogP contribution in [-0.2, 0) is 6.54 Å². The second kappa shape index (κ2) is 5.93. The minimum Gasteiger partial charge on any atom is -0.324 e. The van der Waals surface area contributed by atoms with Gasteiger partial charge >= 0.3 is 0 Å². The molecule has 0 amide bonds. The van der Waals surface area contributed by atoms with Crippen LogP contribution in [0.25, 0.3) is 11.0 Å². The number of benzene rings is 1. The molecule has 0 fully saturated rings. The number of halogens is 2. The van der Waals surface area contributed by atoms with Crippen LogP contribution in [0.1, 0.15) is 24.5 Å². The van der Waals surface area contributed by atoms with E-state index >= 15 is 0 Å². The minimum absolute atomic E-state index is 0.217. The number of nitrogens with zero attached hydrogens (tertiary/aromatic N) is 2. The van der Waals surface area contributed by atoms with Crippen molar-refractivity contribution in [1.29, 1.82) is 0 Å². The first-order valence-corrected chi connectivity index (χ1v) is 7.76. The number of thioether (sulfide) groups is 1. The van der Waals surface area contributed by atoms with Gasteiger partial charge in [-0.3, -0.25) is 0 Å². The van der Waals surface area contributed by atoms with Crippen LogP contribution in [0.15, 0.2) is 18.2 Å². The van der Waals surface area contributed by atoms with E-state index in [-0.39, 0.29) is 11.2 Å². The number of hydrogen-bond acceptors (Lipinski definition) is 2. The number of imidazole rings is 1. The molecule has 0 saturated carbocycles. The summed E-state index contributed by atoms with van der Waals surface area (Å²) < 4.78 is 15.8. The Bertz CT molecular complexity index is 539. The van der Waals surface area contributed by atoms with Gasteiger partial charge in [0.25, 0.3) is 0 Å². The fraction of sp³-hybridized carbons (Fsp3) is 0.462. The highest BCUT2D eigenvalue weighted by atomic mass is 35.5. The Morgan fingerprint density at radius 1 is 1.50 bits per heavy atom. The summed E-state index contributed by atoms with van der Waals surface area (Å²) in [5, 5.41) is -0.217. The van der Waals surface area contributed by atoms with E-state index in [1.165, 1.54) is 6.07 Å². The van der Waals surface area contributed by atoms with E-state index in [1.54, 1.807) is 17.8 Å². The Hall–Kier alpha value is -0.740. The van der Waals surface area contributed by atoms with E-state index in [0.717, 1.165) is 24.5 Å². The number of rotatable bonds is 5. The molecule has 5 heteroatoms. The standard InChI is InChI=1S/C13H16ClFN2S/c1-9(14)13-16-11-6-3-5-10(15)12(11)17(13)7-4-8-18-2/h3,5-6,9H,4,7-8H2,1-2H3. The summed E-state index contributed by atoms with van der Waals surface area (Å²) in [6, 6.07) is 4.98. The zero-order valence-electron chi connectivity index (χ0n) is 10.5. The molecule has 0 saturated heterocycles. The summed E-state index contributed by atoms with van der Waals surface area (Å²) in [6.45, 7) is 2.62. The summed E-state index contributed by atoms with van der Waals surface area (Å²) in [4.78, 5) is 4.44. The average Bonchev–Trinajstić information content (AvgIpc) is 2.70. The maximum absolute atomic E-state index is 13.9. The molecule has 0 aliphatic rings. The second-order valence-corrected chi connectivity index (χ2v) is 5.83. The fourth-order valence-corrected chi connectivity index (χ4v) is 2.64. The van der Waals surface area contributed by atoms with Crippen LogP contribution in [0.3, 0.4) is 0 Å². The van der Waals surface area contributed by atoms with Gasteiger partial charge in [0.1, 0.15) is 17.2 Å². The quantitative estimate of drug-likeness (QED) is 0.605. The van der Waals surface area contributed by atoms with Gasteiger partial charge in [0.05, 0.1) is 10.9 Å². The van der Waals surface area contributed by atoms with Crippen LogP contribution in [0.4, 0.5) is 4.39 Å². The highest BCUT2D eigenvalue weighted by Gasteiger charge is 2.16. The largest absolute Gasteiger partial charge is 0.324 e. The molecule has 1 aromatic heterocycles. The molecular weight excluding hydrogens is 271 g/mol. The summed E-state index contributed by atoms with van der Waals surface area (Å²) in [5.74, 6) is 1.56. The van der Waals surface area contributed by atoms with E-state index in [2.05, 4.69) is 11.2 Å². The van der Waals surface area contributed by atoms with E-state index in [1.807, 2.05) is 17.6 Å². The molecule has 0 aliphatic carbocycles. The second-order valence-electron chi connectivity index (χ2n) is 4.19. The number of aromatic nitrogens is 2. The molecule has 18 heavy (non-hydrogen) atoms. The molecule has 0 bridgehead atoms. The van der Waals surface area contributed by atoms with Crippen LogP contribution >= 0.6 is 23.4 Å². The Morgan fingerprint density at radius 3 is 2.94 bits per heavy atom. The van der Waals surface area contributed by atoms with Gasteiger partial charge in [-0.15, -0.1) is 11.6 Å². The van der Waals surface area contributed by atoms with Gasteiger partial charge < -0.3 is 4.57 Å². The Balaban J connectivity index is 2.47. The molecule has 2 rings (SSSR count). The minimum atomic E-state index is -0.229. The Kier molecular flexibility index (Phi) is 4.51. The SMILES string of the molecule is CSCCCn1c(C(C)Cl)nc2cccc(F)c21. The first kappa shape index (κ1) is 13.7. The molecule has 2 aromatic rings. The lowest BCUT2D eigenvalue weighted by atomic mass is 10.3. The molecular formula is C13H16ClFN2S. The van der Waals surface area contributed by atoms with Crippen LogP contribution in [0, 0.1) is 5.82 Å². The van der Waals surface area contributed by atoms with E-state index in [9.17, 15) is 4.39 Å². The van der Waals surface area contributed by atoms with E-state index in [0.29, 0.717) is 11.0 Å². The Morgan fingerprint density at radius 2 is 2.28 bits per heavy atom. The predicted molar refractivity (Wildman–Crippen MR) is 77.0 cm³/mol. The smallest absolute Gasteiger partial charge is 0.149 e. The summed E-state index contributed by atoms with van der Waals surface area (Å²) in [6.07, 6.45) is 3.05. The lowest BCUT2D eigenvalue weighted by Gasteiger charge is -2.10. The number of alkyl halides is 1. The van der Waals surface area contributed by atoms with Gasteiger partial charge in [-0.1, -0.05) is 6.07 Å². The normalized spacial score (nSPS) is 13.1. The molecule has 0 N–H and O–H groups in total. The Labute approximate surface area is 116 Å². The third-order valence-electron chi connectivity index (χ3n) is 2.83. The zero-order chi connectivity index (χ0) is 13.1. The van der Waals surface area contributed by atoms with Gasteiger partial charge in [0, 0.05) is 6.54 Å². The monoisotopic (exact) mass is 286 g/mol. The fourth-order valence-electron chi connectivity index (χ4n) is 2.06. The molecule has 1 atom stereocenters. The molecule has 0 radical (unpaired) electrons. The van der Waals surface area contributed by atoms with Crippen molar-refractivity contribution < 1.29 is 4.39 Å². The molecule has 0 spiro atoms. The first-order chi connectivity index (χ1) is 8.65. The van der Waals surface area contributed by atoms with Gasteiger partial charge in [-0.05, 0) is 37.5 Å². The van der Waals surface area contributed by atoms with Crippen molar-refractivity contribution >= 4 is 34.4 Å². The molecule has 1 unspecified atom stereocenters. The third kappa shape index (κ3) is 2.64. The van der Waals surface area contributed by atoms with Crippen molar-refractivity contribution in [2.24, 2.45) is 0 Å². The van der Waals surface area contributed by atoms with Crippen molar-refractivity contribution in [3.05, 3.63) is 29.8 Å². The van der Waals surface area contributed by atoms with Crippen LogP contribution in [0.5, 0.6) is 0 Å². The highest BCUT2D eigenvalue weighted by molar-refractivity contribution is 7.98. The maximum atomic E-state index is 13.9. The van der Waals surface area contributed by atoms with Crippen molar-refractivity contribution in [2.45, 2.75) is 25.3 Å². The lowest BCUT2D eigenvalue weighted by Crippen LogP contribution is -2.06. The van der Waals surface area contributed by atoms with Crippen LogP contribution in [0.2, 0.25) is 0 Å². The molecule has 98 valence electrons. The van der Waals surface area contributed by atoms with Gasteiger partial charge in [-0.25, -0.2) is 9.37 Å².